The van der Waals surface area contributed by atoms with Crippen LogP contribution in [0.25, 0.3) is 105 Å². The zero-order valence-corrected chi connectivity index (χ0v) is 30.3. The van der Waals surface area contributed by atoms with Gasteiger partial charge < -0.3 is 4.42 Å². The Morgan fingerprint density at radius 3 is 1.98 bits per heavy atom. The molecule has 0 unspecified atom stereocenters. The number of para-hydroxylation sites is 2. The summed E-state index contributed by atoms with van der Waals surface area (Å²) in [4.78, 5) is 11.1. The van der Waals surface area contributed by atoms with Gasteiger partial charge in [-0.2, -0.15) is 0 Å². The molecule has 0 amide bonds. The fourth-order valence-corrected chi connectivity index (χ4v) is 9.14. The molecule has 0 spiro atoms. The van der Waals surface area contributed by atoms with Gasteiger partial charge in [-0.1, -0.05) is 123 Å². The summed E-state index contributed by atoms with van der Waals surface area (Å²) in [7, 11) is 0. The topological polar surface area (TPSA) is 43.9 Å². The Morgan fingerprint density at radius 2 is 1.13 bits per heavy atom. The normalized spacial score (nSPS) is 13.4. The SMILES string of the molecule is CC1(C)c2cc(-c3ccc4ccccc4c3)ccc2-c2c(-n3c4ccccc4c4cc5ccccc5cc43)nc(-c3ccc4oc5ccccc5c4c3)nc21. The molecule has 1 aliphatic carbocycles. The second-order valence-corrected chi connectivity index (χ2v) is 15.4. The van der Waals surface area contributed by atoms with Crippen LogP contribution in [0.3, 0.4) is 0 Å². The van der Waals surface area contributed by atoms with Crippen molar-refractivity contribution >= 4 is 65.3 Å². The molecule has 4 nitrogen and oxygen atoms in total. The maximum absolute atomic E-state index is 6.23. The van der Waals surface area contributed by atoms with Crippen LogP contribution < -0.4 is 0 Å². The molecule has 11 aromatic rings. The van der Waals surface area contributed by atoms with Crippen LogP contribution in [0.4, 0.5) is 0 Å². The molecule has 0 atom stereocenters. The first-order valence-electron chi connectivity index (χ1n) is 18.9. The Kier molecular flexibility index (Phi) is 6.09. The first-order valence-corrected chi connectivity index (χ1v) is 18.9. The first kappa shape index (κ1) is 30.4. The van der Waals surface area contributed by atoms with Crippen molar-refractivity contribution in [3.05, 3.63) is 175 Å². The molecule has 0 bridgehead atoms. The number of nitrogens with zero attached hydrogens (tertiary/aromatic N) is 3. The molecule has 0 aliphatic heterocycles. The summed E-state index contributed by atoms with van der Waals surface area (Å²) in [5, 5.41) is 9.46. The van der Waals surface area contributed by atoms with Crippen molar-refractivity contribution in [3.63, 3.8) is 0 Å². The molecule has 0 radical (unpaired) electrons. The summed E-state index contributed by atoms with van der Waals surface area (Å²) in [6.45, 7) is 4.63. The average molecular weight is 704 g/mol. The highest BCUT2D eigenvalue weighted by atomic mass is 16.3. The van der Waals surface area contributed by atoms with Gasteiger partial charge in [-0.15, -0.1) is 0 Å². The van der Waals surface area contributed by atoms with Crippen LogP contribution in [-0.2, 0) is 5.41 Å². The van der Waals surface area contributed by atoms with E-state index in [2.05, 4.69) is 170 Å². The highest BCUT2D eigenvalue weighted by Crippen LogP contribution is 2.52. The lowest BCUT2D eigenvalue weighted by molar-refractivity contribution is 0.635. The summed E-state index contributed by atoms with van der Waals surface area (Å²) < 4.78 is 8.62. The lowest BCUT2D eigenvalue weighted by atomic mass is 9.84. The predicted molar refractivity (Wildman–Crippen MR) is 227 cm³/mol. The monoisotopic (exact) mass is 703 g/mol. The molecular weight excluding hydrogens is 671 g/mol. The van der Waals surface area contributed by atoms with Crippen molar-refractivity contribution in [2.45, 2.75) is 19.3 Å². The van der Waals surface area contributed by atoms with E-state index in [1.54, 1.807) is 0 Å². The number of aromatic nitrogens is 3. The van der Waals surface area contributed by atoms with Crippen molar-refractivity contribution in [2.24, 2.45) is 0 Å². The summed E-state index contributed by atoms with van der Waals surface area (Å²) >= 11 is 0. The molecular formula is C51H33N3O. The lowest BCUT2D eigenvalue weighted by Gasteiger charge is -2.22. The number of hydrogen-bond donors (Lipinski definition) is 0. The molecule has 55 heavy (non-hydrogen) atoms. The van der Waals surface area contributed by atoms with Gasteiger partial charge >= 0.3 is 0 Å². The Labute approximate surface area is 316 Å². The summed E-state index contributed by atoms with van der Waals surface area (Å²) in [5.74, 6) is 1.59. The smallest absolute Gasteiger partial charge is 0.161 e. The van der Waals surface area contributed by atoms with Gasteiger partial charge in [0, 0.05) is 38.1 Å². The van der Waals surface area contributed by atoms with Crippen LogP contribution in [0.1, 0.15) is 25.1 Å². The first-order chi connectivity index (χ1) is 27.0. The van der Waals surface area contributed by atoms with E-state index >= 15 is 0 Å². The van der Waals surface area contributed by atoms with Crippen LogP contribution in [0.2, 0.25) is 0 Å². The largest absolute Gasteiger partial charge is 0.456 e. The van der Waals surface area contributed by atoms with Crippen molar-refractivity contribution in [1.82, 2.24) is 14.5 Å². The minimum atomic E-state index is -0.401. The van der Waals surface area contributed by atoms with Gasteiger partial charge in [-0.3, -0.25) is 4.57 Å². The Bertz CT molecular complexity index is 3420. The van der Waals surface area contributed by atoms with Gasteiger partial charge in [-0.25, -0.2) is 9.97 Å². The number of hydrogen-bond acceptors (Lipinski definition) is 3. The Hall–Kier alpha value is -7.04. The maximum Gasteiger partial charge on any atom is 0.161 e. The van der Waals surface area contributed by atoms with Gasteiger partial charge in [-0.05, 0) is 98.4 Å². The van der Waals surface area contributed by atoms with Crippen LogP contribution in [0.15, 0.2) is 168 Å². The van der Waals surface area contributed by atoms with E-state index in [-0.39, 0.29) is 0 Å². The molecule has 0 N–H and O–H groups in total. The molecule has 0 saturated heterocycles. The highest BCUT2D eigenvalue weighted by Gasteiger charge is 2.41. The molecule has 3 aromatic heterocycles. The van der Waals surface area contributed by atoms with Gasteiger partial charge in [0.2, 0.25) is 0 Å². The second kappa shape index (κ2) is 11.0. The van der Waals surface area contributed by atoms with E-state index < -0.39 is 5.41 Å². The molecule has 8 aromatic carbocycles. The van der Waals surface area contributed by atoms with Gasteiger partial charge in [0.15, 0.2) is 5.82 Å². The standard InChI is InChI=1S/C51H33N3O/c1-51(2)42-28-35(34-20-19-30-11-3-4-12-31(30)25-34)21-23-39(42)47-48(51)52-49(36-22-24-46-41(27-36)38-16-8-10-18-45(38)55-46)53-50(47)54-43-17-9-7-15-37(43)40-26-32-13-5-6-14-33(32)29-44(40)54/h3-29H,1-2H3. The highest BCUT2D eigenvalue weighted by molar-refractivity contribution is 6.14. The van der Waals surface area contributed by atoms with E-state index in [1.165, 1.54) is 54.6 Å². The lowest BCUT2D eigenvalue weighted by Crippen LogP contribution is -2.18. The number of benzene rings is 8. The van der Waals surface area contributed by atoms with Crippen molar-refractivity contribution in [1.29, 1.82) is 0 Å². The van der Waals surface area contributed by atoms with Gasteiger partial charge in [0.05, 0.1) is 16.7 Å². The third kappa shape index (κ3) is 4.34. The minimum absolute atomic E-state index is 0.401. The third-order valence-corrected chi connectivity index (χ3v) is 11.9. The molecule has 0 saturated carbocycles. The van der Waals surface area contributed by atoms with E-state index in [1.807, 2.05) is 12.1 Å². The van der Waals surface area contributed by atoms with Crippen LogP contribution in [-0.4, -0.2) is 14.5 Å². The van der Waals surface area contributed by atoms with Gasteiger partial charge in [0.1, 0.15) is 17.0 Å². The fourth-order valence-electron chi connectivity index (χ4n) is 9.14. The molecule has 3 heterocycles. The molecule has 1 aliphatic rings. The molecule has 4 heteroatoms. The zero-order valence-electron chi connectivity index (χ0n) is 30.3. The fraction of sp³-hybridized carbons (Fsp3) is 0.0588. The summed E-state index contributed by atoms with van der Waals surface area (Å²) in [6, 6.07) is 58.8. The second-order valence-electron chi connectivity index (χ2n) is 15.4. The molecule has 12 rings (SSSR count). The third-order valence-electron chi connectivity index (χ3n) is 11.9. The van der Waals surface area contributed by atoms with Crippen molar-refractivity contribution in [3.8, 4) is 39.5 Å². The molecule has 0 fully saturated rings. The van der Waals surface area contributed by atoms with E-state index in [0.717, 1.165) is 55.6 Å². The molecule has 258 valence electrons. The maximum atomic E-state index is 6.23. The summed E-state index contributed by atoms with van der Waals surface area (Å²) in [6.07, 6.45) is 0. The Balaban J connectivity index is 1.16. The summed E-state index contributed by atoms with van der Waals surface area (Å²) in [5.41, 5.74) is 11.5. The van der Waals surface area contributed by atoms with E-state index in [9.17, 15) is 0 Å². The number of rotatable bonds is 3. The van der Waals surface area contributed by atoms with Crippen molar-refractivity contribution in [2.75, 3.05) is 0 Å². The van der Waals surface area contributed by atoms with Crippen LogP contribution >= 0.6 is 0 Å². The van der Waals surface area contributed by atoms with Gasteiger partial charge in [0.25, 0.3) is 0 Å². The van der Waals surface area contributed by atoms with E-state index in [4.69, 9.17) is 14.4 Å². The predicted octanol–water partition coefficient (Wildman–Crippen LogP) is 13.4. The van der Waals surface area contributed by atoms with Crippen LogP contribution in [0.5, 0.6) is 0 Å². The minimum Gasteiger partial charge on any atom is -0.456 e. The number of furan rings is 1. The quantitative estimate of drug-likeness (QED) is 0.184. The van der Waals surface area contributed by atoms with Crippen molar-refractivity contribution < 1.29 is 4.42 Å². The van der Waals surface area contributed by atoms with E-state index in [0.29, 0.717) is 5.82 Å². The average Bonchev–Trinajstić information content (AvgIpc) is 3.84. The van der Waals surface area contributed by atoms with Crippen LogP contribution in [0, 0.1) is 0 Å². The Morgan fingerprint density at radius 1 is 0.473 bits per heavy atom. The zero-order chi connectivity index (χ0) is 36.4. The number of fused-ring (bicyclic) bond motifs is 11.